The van der Waals surface area contributed by atoms with Gasteiger partial charge in [-0.25, -0.2) is 9.78 Å². The van der Waals surface area contributed by atoms with Crippen LogP contribution in [0.25, 0.3) is 11.5 Å². The number of nitrogens with one attached hydrogen (secondary N) is 1. The Labute approximate surface area is 127 Å². The Morgan fingerprint density at radius 3 is 2.73 bits per heavy atom. The number of carbonyl (C=O) groups excluding carboxylic acids is 1. The maximum atomic E-state index is 11.8. The second-order valence-electron chi connectivity index (χ2n) is 4.73. The van der Waals surface area contributed by atoms with E-state index in [1.165, 1.54) is 18.2 Å². The number of benzene rings is 1. The Hall–Kier alpha value is -2.83. The Morgan fingerprint density at radius 1 is 1.32 bits per heavy atom. The number of aromatic nitrogens is 1. The number of hydrogen-bond acceptors (Lipinski definition) is 4. The van der Waals surface area contributed by atoms with E-state index in [9.17, 15) is 9.59 Å². The number of amides is 2. The highest BCUT2D eigenvalue weighted by Gasteiger charge is 2.11. The molecular weight excluding hydrogens is 286 g/mol. The quantitative estimate of drug-likeness (QED) is 0.850. The van der Waals surface area contributed by atoms with Crippen molar-refractivity contribution < 1.29 is 19.1 Å². The molecule has 0 aliphatic heterocycles. The third kappa shape index (κ3) is 4.34. The van der Waals surface area contributed by atoms with Crippen LogP contribution in [-0.4, -0.2) is 40.6 Å². The van der Waals surface area contributed by atoms with Gasteiger partial charge in [-0.2, -0.15) is 0 Å². The Kier molecular flexibility index (Phi) is 5.13. The maximum absolute atomic E-state index is 11.8. The number of nitrogens with zero attached hydrogens (tertiary/aromatic N) is 2. The maximum Gasteiger partial charge on any atom is 0.317 e. The molecule has 0 radical (unpaired) electrons. The summed E-state index contributed by atoms with van der Waals surface area (Å²) in [7, 11) is 1.54. The van der Waals surface area contributed by atoms with Gasteiger partial charge in [0.2, 0.25) is 5.89 Å². The van der Waals surface area contributed by atoms with Crippen LogP contribution in [0.4, 0.5) is 4.79 Å². The van der Waals surface area contributed by atoms with Crippen LogP contribution in [0.15, 0.2) is 41.0 Å². The molecule has 0 aliphatic carbocycles. The van der Waals surface area contributed by atoms with Crippen LogP contribution in [0.1, 0.15) is 12.1 Å². The Morgan fingerprint density at radius 2 is 2.05 bits per heavy atom. The van der Waals surface area contributed by atoms with Gasteiger partial charge in [0.1, 0.15) is 6.26 Å². The molecule has 0 saturated carbocycles. The Bertz CT molecular complexity index is 639. The smallest absolute Gasteiger partial charge is 0.317 e. The van der Waals surface area contributed by atoms with Gasteiger partial charge in [0.05, 0.1) is 18.7 Å². The van der Waals surface area contributed by atoms with Crippen molar-refractivity contribution in [2.45, 2.75) is 13.0 Å². The summed E-state index contributed by atoms with van der Waals surface area (Å²) in [6, 6.07) is 9.09. The SMILES string of the molecule is CN(CCC(=O)O)C(=O)NCc1coc(-c2ccccc2)n1. The third-order valence-electron chi connectivity index (χ3n) is 3.00. The van der Waals surface area contributed by atoms with Gasteiger partial charge in [0.25, 0.3) is 0 Å². The number of aliphatic carboxylic acids is 1. The van der Waals surface area contributed by atoms with Gasteiger partial charge in [-0.1, -0.05) is 18.2 Å². The molecule has 1 heterocycles. The fourth-order valence-corrected chi connectivity index (χ4v) is 1.77. The predicted molar refractivity (Wildman–Crippen MR) is 79.1 cm³/mol. The van der Waals surface area contributed by atoms with Crippen molar-refractivity contribution in [1.82, 2.24) is 15.2 Å². The first-order valence-corrected chi connectivity index (χ1v) is 6.77. The molecule has 2 amide bonds. The molecule has 0 aliphatic rings. The minimum atomic E-state index is -0.941. The molecule has 1 aromatic carbocycles. The molecule has 7 nitrogen and oxygen atoms in total. The number of carbonyl (C=O) groups is 2. The van der Waals surface area contributed by atoms with E-state index >= 15 is 0 Å². The fourth-order valence-electron chi connectivity index (χ4n) is 1.77. The molecule has 22 heavy (non-hydrogen) atoms. The molecule has 116 valence electrons. The minimum absolute atomic E-state index is 0.0912. The highest BCUT2D eigenvalue weighted by Crippen LogP contribution is 2.17. The zero-order chi connectivity index (χ0) is 15.9. The van der Waals surface area contributed by atoms with Crippen molar-refractivity contribution in [3.8, 4) is 11.5 Å². The fraction of sp³-hybridized carbons (Fsp3) is 0.267. The first-order valence-electron chi connectivity index (χ1n) is 6.77. The summed E-state index contributed by atoms with van der Waals surface area (Å²) in [5.41, 5.74) is 1.46. The van der Waals surface area contributed by atoms with E-state index in [4.69, 9.17) is 9.52 Å². The van der Waals surface area contributed by atoms with Gasteiger partial charge in [-0.05, 0) is 12.1 Å². The van der Waals surface area contributed by atoms with Crippen LogP contribution in [0.5, 0.6) is 0 Å². The van der Waals surface area contributed by atoms with Gasteiger partial charge in [0, 0.05) is 19.2 Å². The van der Waals surface area contributed by atoms with E-state index in [1.807, 2.05) is 30.3 Å². The average Bonchev–Trinajstić information content (AvgIpc) is 3.00. The van der Waals surface area contributed by atoms with Gasteiger partial charge in [-0.15, -0.1) is 0 Å². The largest absolute Gasteiger partial charge is 0.481 e. The highest BCUT2D eigenvalue weighted by atomic mass is 16.4. The van der Waals surface area contributed by atoms with Crippen molar-refractivity contribution in [3.05, 3.63) is 42.3 Å². The summed E-state index contributed by atoms with van der Waals surface area (Å²) in [6.45, 7) is 0.363. The summed E-state index contributed by atoms with van der Waals surface area (Å²) in [6.07, 6.45) is 1.39. The van der Waals surface area contributed by atoms with Gasteiger partial charge in [0.15, 0.2) is 0 Å². The normalized spacial score (nSPS) is 10.2. The molecule has 2 rings (SSSR count). The first kappa shape index (κ1) is 15.6. The molecule has 2 aromatic rings. The Balaban J connectivity index is 1.86. The number of carboxylic acids is 1. The molecule has 0 fully saturated rings. The summed E-state index contributed by atoms with van der Waals surface area (Å²) in [5.74, 6) is -0.451. The highest BCUT2D eigenvalue weighted by molar-refractivity contribution is 5.74. The summed E-state index contributed by atoms with van der Waals surface area (Å²) < 4.78 is 5.37. The summed E-state index contributed by atoms with van der Waals surface area (Å²) in [4.78, 5) is 27.8. The topological polar surface area (TPSA) is 95.7 Å². The molecular formula is C15H17N3O4. The lowest BCUT2D eigenvalue weighted by Crippen LogP contribution is -2.38. The van der Waals surface area contributed by atoms with Crippen LogP contribution in [0, 0.1) is 0 Å². The summed E-state index contributed by atoms with van der Waals surface area (Å²) in [5, 5.41) is 11.2. The van der Waals surface area contributed by atoms with Crippen LogP contribution < -0.4 is 5.32 Å². The zero-order valence-electron chi connectivity index (χ0n) is 12.2. The molecule has 0 bridgehead atoms. The lowest BCUT2D eigenvalue weighted by molar-refractivity contribution is -0.137. The van der Waals surface area contributed by atoms with Crippen LogP contribution in [0.2, 0.25) is 0 Å². The predicted octanol–water partition coefficient (Wildman–Crippen LogP) is 1.96. The lowest BCUT2D eigenvalue weighted by atomic mass is 10.2. The van der Waals surface area contributed by atoms with E-state index < -0.39 is 5.97 Å². The van der Waals surface area contributed by atoms with E-state index in [1.54, 1.807) is 0 Å². The molecule has 0 atom stereocenters. The standard InChI is InChI=1S/C15H17N3O4/c1-18(8-7-13(19)20)15(21)16-9-12-10-22-14(17-12)11-5-3-2-4-6-11/h2-6,10H,7-9H2,1H3,(H,16,21)(H,19,20). The van der Waals surface area contributed by atoms with Crippen LogP contribution in [-0.2, 0) is 11.3 Å². The van der Waals surface area contributed by atoms with Gasteiger partial charge >= 0.3 is 12.0 Å². The molecule has 0 saturated heterocycles. The van der Waals surface area contributed by atoms with Crippen LogP contribution in [0.3, 0.4) is 0 Å². The minimum Gasteiger partial charge on any atom is -0.481 e. The number of rotatable bonds is 6. The molecule has 2 N–H and O–H groups in total. The number of oxazole rings is 1. The molecule has 0 spiro atoms. The van der Waals surface area contributed by atoms with Gasteiger partial charge < -0.3 is 19.7 Å². The lowest BCUT2D eigenvalue weighted by Gasteiger charge is -2.16. The average molecular weight is 303 g/mol. The summed E-state index contributed by atoms with van der Waals surface area (Å²) >= 11 is 0. The van der Waals surface area contributed by atoms with E-state index in [0.29, 0.717) is 11.6 Å². The molecule has 0 unspecified atom stereocenters. The molecule has 7 heteroatoms. The number of urea groups is 1. The second kappa shape index (κ2) is 7.26. The molecule has 1 aromatic heterocycles. The first-order chi connectivity index (χ1) is 10.6. The van der Waals surface area contributed by atoms with E-state index in [2.05, 4.69) is 10.3 Å². The third-order valence-corrected chi connectivity index (χ3v) is 3.00. The van der Waals surface area contributed by atoms with E-state index in [-0.39, 0.29) is 25.5 Å². The monoisotopic (exact) mass is 303 g/mol. The second-order valence-corrected chi connectivity index (χ2v) is 4.73. The van der Waals surface area contributed by atoms with Crippen molar-refractivity contribution in [1.29, 1.82) is 0 Å². The zero-order valence-corrected chi connectivity index (χ0v) is 12.2. The van der Waals surface area contributed by atoms with Crippen molar-refractivity contribution in [2.24, 2.45) is 0 Å². The van der Waals surface area contributed by atoms with E-state index in [0.717, 1.165) is 5.56 Å². The van der Waals surface area contributed by atoms with Crippen molar-refractivity contribution >= 4 is 12.0 Å². The van der Waals surface area contributed by atoms with Crippen LogP contribution >= 0.6 is 0 Å². The number of hydrogen-bond donors (Lipinski definition) is 2. The van der Waals surface area contributed by atoms with Gasteiger partial charge in [-0.3, -0.25) is 4.79 Å². The number of carboxylic acid groups (broad SMARTS) is 1. The van der Waals surface area contributed by atoms with Crippen molar-refractivity contribution in [3.63, 3.8) is 0 Å². The van der Waals surface area contributed by atoms with Crippen molar-refractivity contribution in [2.75, 3.05) is 13.6 Å².